The third-order valence-electron chi connectivity index (χ3n) is 4.47. The van der Waals surface area contributed by atoms with Crippen molar-refractivity contribution in [1.29, 1.82) is 0 Å². The number of amides is 1. The smallest absolute Gasteiger partial charge is 0.415 e. The molecular weight excluding hydrogens is 320 g/mol. The van der Waals surface area contributed by atoms with E-state index in [1.54, 1.807) is 11.1 Å². The monoisotopic (exact) mass is 348 g/mol. The van der Waals surface area contributed by atoms with Gasteiger partial charge in [-0.05, 0) is 39.7 Å². The zero-order valence-electron chi connectivity index (χ0n) is 15.5. The van der Waals surface area contributed by atoms with E-state index >= 15 is 0 Å². The quantitative estimate of drug-likeness (QED) is 0.853. The number of aromatic nitrogens is 1. The van der Waals surface area contributed by atoms with Gasteiger partial charge in [0.05, 0.1) is 30.2 Å². The molecule has 3 N–H and O–H groups in total. The van der Waals surface area contributed by atoms with E-state index in [4.69, 9.17) is 15.2 Å². The summed E-state index contributed by atoms with van der Waals surface area (Å²) in [6.45, 7) is 10.00. The number of hydrogen-bond donors (Lipinski definition) is 2. The molecule has 3 rings (SSSR count). The maximum Gasteiger partial charge on any atom is 0.415 e. The number of nitrogens with two attached hydrogens (primary N) is 1. The van der Waals surface area contributed by atoms with E-state index in [9.17, 15) is 4.79 Å². The standard InChI is InChI=1S/C18H28N4O3/c1-11-7-12(9-20-8-11)22(17(23)25-18(2,3)4)15-13-5-6-24-16(13)21-10-14(15)19/h10-12,20H,5-9,19H2,1-4H3/t11-,12+/m1/s1. The number of nitrogens with zero attached hydrogens (tertiary/aromatic N) is 2. The number of carbonyl (C=O) groups is 1. The van der Waals surface area contributed by atoms with Crippen molar-refractivity contribution in [3.63, 3.8) is 0 Å². The molecule has 2 atom stereocenters. The molecule has 138 valence electrons. The van der Waals surface area contributed by atoms with Crippen molar-refractivity contribution >= 4 is 17.5 Å². The third-order valence-corrected chi connectivity index (χ3v) is 4.47. The minimum absolute atomic E-state index is 0.0204. The van der Waals surface area contributed by atoms with Gasteiger partial charge >= 0.3 is 6.09 Å². The summed E-state index contributed by atoms with van der Waals surface area (Å²) < 4.78 is 11.3. The highest BCUT2D eigenvalue weighted by Crippen LogP contribution is 2.39. The Morgan fingerprint density at radius 3 is 2.88 bits per heavy atom. The Labute approximate surface area is 148 Å². The van der Waals surface area contributed by atoms with Crippen molar-refractivity contribution in [3.05, 3.63) is 11.8 Å². The second kappa shape index (κ2) is 6.71. The van der Waals surface area contributed by atoms with Gasteiger partial charge in [-0.2, -0.15) is 0 Å². The molecule has 3 heterocycles. The topological polar surface area (TPSA) is 89.7 Å². The van der Waals surface area contributed by atoms with Crippen LogP contribution in [-0.4, -0.2) is 42.4 Å². The van der Waals surface area contributed by atoms with Crippen LogP contribution in [0, 0.1) is 5.92 Å². The highest BCUT2D eigenvalue weighted by molar-refractivity contribution is 5.94. The first-order chi connectivity index (χ1) is 11.8. The lowest BCUT2D eigenvalue weighted by molar-refractivity contribution is 0.0556. The van der Waals surface area contributed by atoms with Crippen molar-refractivity contribution in [2.45, 2.75) is 52.2 Å². The first-order valence-corrected chi connectivity index (χ1v) is 8.89. The van der Waals surface area contributed by atoms with Gasteiger partial charge in [-0.1, -0.05) is 6.92 Å². The van der Waals surface area contributed by atoms with Gasteiger partial charge in [-0.15, -0.1) is 0 Å². The van der Waals surface area contributed by atoms with Crippen LogP contribution in [0.1, 0.15) is 39.7 Å². The highest BCUT2D eigenvalue weighted by atomic mass is 16.6. The number of ether oxygens (including phenoxy) is 2. The summed E-state index contributed by atoms with van der Waals surface area (Å²) >= 11 is 0. The molecule has 0 unspecified atom stereocenters. The molecule has 7 heteroatoms. The minimum atomic E-state index is -0.579. The van der Waals surface area contributed by atoms with Gasteiger partial charge in [0.15, 0.2) is 0 Å². The van der Waals surface area contributed by atoms with Crippen molar-refractivity contribution in [1.82, 2.24) is 10.3 Å². The SMILES string of the molecule is C[C@H]1CNC[C@@H](N(C(=O)OC(C)(C)C)c2c(N)cnc3c2CCO3)C1. The molecule has 1 fully saturated rings. The lowest BCUT2D eigenvalue weighted by Gasteiger charge is -2.38. The molecule has 2 aliphatic heterocycles. The van der Waals surface area contributed by atoms with Crippen molar-refractivity contribution in [2.24, 2.45) is 5.92 Å². The molecule has 0 spiro atoms. The largest absolute Gasteiger partial charge is 0.477 e. The summed E-state index contributed by atoms with van der Waals surface area (Å²) in [6.07, 6.45) is 2.78. The van der Waals surface area contributed by atoms with Crippen molar-refractivity contribution in [2.75, 3.05) is 30.3 Å². The molecule has 1 aromatic rings. The molecule has 25 heavy (non-hydrogen) atoms. The summed E-state index contributed by atoms with van der Waals surface area (Å²) in [5, 5.41) is 3.40. The number of anilines is 2. The van der Waals surface area contributed by atoms with Crippen LogP contribution in [0.3, 0.4) is 0 Å². The lowest BCUT2D eigenvalue weighted by atomic mass is 9.95. The van der Waals surface area contributed by atoms with Gasteiger partial charge in [-0.25, -0.2) is 9.78 Å². The summed E-state index contributed by atoms with van der Waals surface area (Å²) in [7, 11) is 0. The van der Waals surface area contributed by atoms with Crippen LogP contribution < -0.4 is 20.7 Å². The van der Waals surface area contributed by atoms with Gasteiger partial charge in [0.2, 0.25) is 5.88 Å². The van der Waals surface area contributed by atoms with E-state index in [2.05, 4.69) is 17.2 Å². The predicted molar refractivity (Wildman–Crippen MR) is 97.0 cm³/mol. The van der Waals surface area contributed by atoms with Crippen LogP contribution in [0.4, 0.5) is 16.2 Å². The number of piperidine rings is 1. The predicted octanol–water partition coefficient (Wildman–Crippen LogP) is 2.34. The van der Waals surface area contributed by atoms with Crippen LogP contribution in [0.25, 0.3) is 0 Å². The van der Waals surface area contributed by atoms with Crippen LogP contribution in [0.2, 0.25) is 0 Å². The molecule has 0 aliphatic carbocycles. The molecule has 0 bridgehead atoms. The summed E-state index contributed by atoms with van der Waals surface area (Å²) in [6, 6.07) is -0.0204. The molecule has 2 aliphatic rings. The van der Waals surface area contributed by atoms with E-state index < -0.39 is 5.60 Å². The molecule has 1 aromatic heterocycles. The number of fused-ring (bicyclic) bond motifs is 1. The number of nitrogens with one attached hydrogen (secondary N) is 1. The first kappa shape index (κ1) is 17.8. The van der Waals surface area contributed by atoms with E-state index in [1.165, 1.54) is 0 Å². The lowest BCUT2D eigenvalue weighted by Crippen LogP contribution is -2.52. The van der Waals surface area contributed by atoms with Gasteiger partial charge < -0.3 is 20.5 Å². The molecule has 1 saturated heterocycles. The normalized spacial score (nSPS) is 22.9. The fourth-order valence-electron chi connectivity index (χ4n) is 3.48. The highest BCUT2D eigenvalue weighted by Gasteiger charge is 2.36. The summed E-state index contributed by atoms with van der Waals surface area (Å²) in [5.74, 6) is 1.03. The number of nitrogen functional groups attached to an aromatic ring is 1. The van der Waals surface area contributed by atoms with Gasteiger partial charge in [0.1, 0.15) is 5.60 Å². The van der Waals surface area contributed by atoms with E-state index in [0.717, 1.165) is 18.5 Å². The third kappa shape index (κ3) is 3.81. The van der Waals surface area contributed by atoms with E-state index in [0.29, 0.717) is 42.7 Å². The molecular formula is C18H28N4O3. The Morgan fingerprint density at radius 1 is 1.44 bits per heavy atom. The average Bonchev–Trinajstić information content (AvgIpc) is 2.97. The second-order valence-corrected chi connectivity index (χ2v) is 7.95. The van der Waals surface area contributed by atoms with Crippen LogP contribution in [0.15, 0.2) is 6.20 Å². The molecule has 0 radical (unpaired) electrons. The number of rotatable bonds is 2. The summed E-state index contributed by atoms with van der Waals surface area (Å²) in [5.41, 5.74) is 7.74. The van der Waals surface area contributed by atoms with E-state index in [1.807, 2.05) is 20.8 Å². The number of carbonyl (C=O) groups excluding carboxylic acids is 1. The maximum absolute atomic E-state index is 13.1. The van der Waals surface area contributed by atoms with E-state index in [-0.39, 0.29) is 12.1 Å². The molecule has 7 nitrogen and oxygen atoms in total. The van der Waals surface area contributed by atoms with Crippen LogP contribution in [-0.2, 0) is 11.2 Å². The van der Waals surface area contributed by atoms with Crippen LogP contribution in [0.5, 0.6) is 5.88 Å². The maximum atomic E-state index is 13.1. The Balaban J connectivity index is 2.02. The summed E-state index contributed by atoms with van der Waals surface area (Å²) in [4.78, 5) is 19.1. The average molecular weight is 348 g/mol. The van der Waals surface area contributed by atoms with Gasteiger partial charge in [0.25, 0.3) is 0 Å². The first-order valence-electron chi connectivity index (χ1n) is 8.89. The second-order valence-electron chi connectivity index (χ2n) is 7.95. The zero-order valence-corrected chi connectivity index (χ0v) is 15.5. The Hall–Kier alpha value is -2.02. The van der Waals surface area contributed by atoms with Gasteiger partial charge in [-0.3, -0.25) is 4.90 Å². The Morgan fingerprint density at radius 2 is 2.20 bits per heavy atom. The Kier molecular flexibility index (Phi) is 4.77. The number of pyridine rings is 1. The van der Waals surface area contributed by atoms with Crippen LogP contribution >= 0.6 is 0 Å². The fraction of sp³-hybridized carbons (Fsp3) is 0.667. The minimum Gasteiger partial charge on any atom is -0.477 e. The van der Waals surface area contributed by atoms with Crippen molar-refractivity contribution in [3.8, 4) is 5.88 Å². The molecule has 1 amide bonds. The van der Waals surface area contributed by atoms with Crippen molar-refractivity contribution < 1.29 is 14.3 Å². The zero-order chi connectivity index (χ0) is 18.2. The fourth-order valence-corrected chi connectivity index (χ4v) is 3.48. The Bertz CT molecular complexity index is 656. The molecule has 0 aromatic carbocycles. The number of hydrogen-bond acceptors (Lipinski definition) is 6. The van der Waals surface area contributed by atoms with Gasteiger partial charge in [0, 0.05) is 18.5 Å². The molecule has 0 saturated carbocycles.